The first-order valence-electron chi connectivity index (χ1n) is 6.79. The molecule has 2 N–H and O–H groups in total. The lowest BCUT2D eigenvalue weighted by Gasteiger charge is -2.07. The Labute approximate surface area is 132 Å². The number of para-hydroxylation sites is 1. The van der Waals surface area contributed by atoms with Crippen molar-refractivity contribution in [2.24, 2.45) is 5.10 Å². The van der Waals surface area contributed by atoms with Crippen molar-refractivity contribution >= 4 is 17.3 Å². The van der Waals surface area contributed by atoms with Crippen LogP contribution in [0.15, 0.2) is 47.6 Å². The van der Waals surface area contributed by atoms with Crippen LogP contribution in [-0.4, -0.2) is 21.6 Å². The van der Waals surface area contributed by atoms with Crippen LogP contribution < -0.4 is 5.43 Å². The Morgan fingerprint density at radius 3 is 2.48 bits per heavy atom. The summed E-state index contributed by atoms with van der Waals surface area (Å²) in [6, 6.07) is 10.9. The van der Waals surface area contributed by atoms with Crippen LogP contribution in [-0.2, 0) is 0 Å². The summed E-state index contributed by atoms with van der Waals surface area (Å²) in [4.78, 5) is 22.5. The van der Waals surface area contributed by atoms with E-state index in [2.05, 4.69) is 10.5 Å². The van der Waals surface area contributed by atoms with Gasteiger partial charge in [-0.2, -0.15) is 5.10 Å². The molecular formula is C16H15N3O4. The van der Waals surface area contributed by atoms with Crippen molar-refractivity contribution in [1.82, 2.24) is 5.43 Å². The summed E-state index contributed by atoms with van der Waals surface area (Å²) in [6.07, 6.45) is 0. The van der Waals surface area contributed by atoms with Gasteiger partial charge in [0.25, 0.3) is 11.6 Å². The maximum absolute atomic E-state index is 12.2. The van der Waals surface area contributed by atoms with Crippen molar-refractivity contribution in [2.45, 2.75) is 13.8 Å². The minimum atomic E-state index is -0.555. The lowest BCUT2D eigenvalue weighted by molar-refractivity contribution is -0.385. The highest BCUT2D eigenvalue weighted by molar-refractivity contribution is 6.03. The summed E-state index contributed by atoms with van der Waals surface area (Å²) in [5.41, 5.74) is 3.57. The number of rotatable bonds is 4. The van der Waals surface area contributed by atoms with Gasteiger partial charge in [0, 0.05) is 17.2 Å². The molecule has 0 fully saturated rings. The minimum absolute atomic E-state index is 0.0505. The summed E-state index contributed by atoms with van der Waals surface area (Å²) < 4.78 is 0. The first-order valence-corrected chi connectivity index (χ1v) is 6.79. The van der Waals surface area contributed by atoms with Crippen LogP contribution in [0.2, 0.25) is 0 Å². The zero-order valence-electron chi connectivity index (χ0n) is 12.6. The van der Waals surface area contributed by atoms with Gasteiger partial charge >= 0.3 is 0 Å². The van der Waals surface area contributed by atoms with E-state index in [0.29, 0.717) is 11.3 Å². The summed E-state index contributed by atoms with van der Waals surface area (Å²) in [5, 5.41) is 24.6. The maximum atomic E-state index is 12.2. The zero-order valence-corrected chi connectivity index (χ0v) is 12.6. The Morgan fingerprint density at radius 2 is 1.83 bits per heavy atom. The fraction of sp³-hybridized carbons (Fsp3) is 0.125. The number of amides is 1. The third-order valence-electron chi connectivity index (χ3n) is 3.37. The average Bonchev–Trinajstić information content (AvgIpc) is 2.52. The lowest BCUT2D eigenvalue weighted by atomic mass is 10.1. The highest BCUT2D eigenvalue weighted by Crippen LogP contribution is 2.21. The Kier molecular flexibility index (Phi) is 4.70. The van der Waals surface area contributed by atoms with Gasteiger partial charge in [0.2, 0.25) is 0 Å². The molecule has 0 aromatic heterocycles. The normalized spacial score (nSPS) is 11.1. The van der Waals surface area contributed by atoms with Gasteiger partial charge in [-0.25, -0.2) is 5.43 Å². The van der Waals surface area contributed by atoms with Crippen LogP contribution >= 0.6 is 0 Å². The fourth-order valence-corrected chi connectivity index (χ4v) is 2.10. The highest BCUT2D eigenvalue weighted by Gasteiger charge is 2.17. The molecule has 1 amide bonds. The molecule has 0 saturated carbocycles. The Morgan fingerprint density at radius 1 is 1.17 bits per heavy atom. The van der Waals surface area contributed by atoms with Crippen LogP contribution in [0.1, 0.15) is 28.4 Å². The van der Waals surface area contributed by atoms with E-state index in [1.165, 1.54) is 31.2 Å². The number of benzene rings is 2. The molecule has 0 aliphatic heterocycles. The second kappa shape index (κ2) is 6.69. The lowest BCUT2D eigenvalue weighted by Crippen LogP contribution is -2.20. The molecule has 0 radical (unpaired) electrons. The molecule has 118 valence electrons. The largest absolute Gasteiger partial charge is 0.507 e. The molecule has 7 nitrogen and oxygen atoms in total. The predicted molar refractivity (Wildman–Crippen MR) is 85.6 cm³/mol. The number of aromatic hydroxyl groups is 1. The molecule has 0 heterocycles. The third-order valence-corrected chi connectivity index (χ3v) is 3.37. The molecule has 0 saturated heterocycles. The number of hydrogen-bond donors (Lipinski definition) is 2. The van der Waals surface area contributed by atoms with E-state index in [1.54, 1.807) is 25.1 Å². The Balaban J connectivity index is 2.23. The van der Waals surface area contributed by atoms with Crippen LogP contribution in [0.5, 0.6) is 5.75 Å². The van der Waals surface area contributed by atoms with Gasteiger partial charge in [-0.15, -0.1) is 0 Å². The van der Waals surface area contributed by atoms with Crippen molar-refractivity contribution in [3.8, 4) is 5.75 Å². The van der Waals surface area contributed by atoms with Gasteiger partial charge in [0.1, 0.15) is 5.75 Å². The summed E-state index contributed by atoms with van der Waals surface area (Å²) in [6.45, 7) is 3.14. The van der Waals surface area contributed by atoms with Crippen molar-refractivity contribution in [3.63, 3.8) is 0 Å². The van der Waals surface area contributed by atoms with Crippen LogP contribution in [0.25, 0.3) is 0 Å². The third kappa shape index (κ3) is 3.52. The number of nitrogens with zero attached hydrogens (tertiary/aromatic N) is 2. The van der Waals surface area contributed by atoms with Crippen molar-refractivity contribution in [2.75, 3.05) is 0 Å². The minimum Gasteiger partial charge on any atom is -0.507 e. The number of nitrogens with one attached hydrogen (secondary N) is 1. The standard InChI is InChI=1S/C16H15N3O4/c1-10-12(7-5-8-14(10)19(22)23)16(21)18-17-11(2)13-6-3-4-9-15(13)20/h3-9,20H,1-2H3,(H,18,21)/b17-11+. The molecule has 2 aromatic carbocycles. The smallest absolute Gasteiger partial charge is 0.273 e. The van der Waals surface area contributed by atoms with Crippen LogP contribution in [0.3, 0.4) is 0 Å². The van der Waals surface area contributed by atoms with E-state index in [4.69, 9.17) is 0 Å². The van der Waals surface area contributed by atoms with Crippen LogP contribution in [0.4, 0.5) is 5.69 Å². The van der Waals surface area contributed by atoms with E-state index in [0.717, 1.165) is 0 Å². The van der Waals surface area contributed by atoms with Crippen LogP contribution in [0, 0.1) is 17.0 Å². The molecule has 0 atom stereocenters. The van der Waals surface area contributed by atoms with E-state index >= 15 is 0 Å². The number of nitro benzene ring substituents is 1. The van der Waals surface area contributed by atoms with Crippen molar-refractivity contribution in [3.05, 3.63) is 69.3 Å². The molecule has 0 bridgehead atoms. The SMILES string of the molecule is C/C(=N\NC(=O)c1cccc([N+](=O)[O-])c1C)c1ccccc1O. The van der Waals surface area contributed by atoms with Gasteiger partial charge in [0.05, 0.1) is 16.2 Å². The monoisotopic (exact) mass is 313 g/mol. The first kappa shape index (κ1) is 16.2. The first-order chi connectivity index (χ1) is 10.9. The molecule has 23 heavy (non-hydrogen) atoms. The van der Waals surface area contributed by atoms with E-state index < -0.39 is 10.8 Å². The number of carbonyl (C=O) groups excluding carboxylic acids is 1. The Hall–Kier alpha value is -3.22. The number of hydrogen-bond acceptors (Lipinski definition) is 5. The second-order valence-electron chi connectivity index (χ2n) is 4.86. The number of phenols is 1. The summed E-state index contributed by atoms with van der Waals surface area (Å²) in [5.74, 6) is -0.504. The fourth-order valence-electron chi connectivity index (χ4n) is 2.10. The maximum Gasteiger partial charge on any atom is 0.273 e. The Bertz CT molecular complexity index is 800. The van der Waals surface area contributed by atoms with E-state index in [-0.39, 0.29) is 22.6 Å². The number of nitro groups is 1. The number of carbonyl (C=O) groups is 1. The number of hydrazone groups is 1. The highest BCUT2D eigenvalue weighted by atomic mass is 16.6. The molecular weight excluding hydrogens is 298 g/mol. The van der Waals surface area contributed by atoms with Gasteiger partial charge in [-0.3, -0.25) is 14.9 Å². The van der Waals surface area contributed by atoms with Gasteiger partial charge in [-0.1, -0.05) is 18.2 Å². The summed E-state index contributed by atoms with van der Waals surface area (Å²) >= 11 is 0. The van der Waals surface area contributed by atoms with Crippen molar-refractivity contribution < 1.29 is 14.8 Å². The number of phenolic OH excluding ortho intramolecular Hbond substituents is 1. The van der Waals surface area contributed by atoms with Gasteiger partial charge < -0.3 is 5.11 Å². The quantitative estimate of drug-likeness (QED) is 0.514. The summed E-state index contributed by atoms with van der Waals surface area (Å²) in [7, 11) is 0. The molecule has 2 aromatic rings. The molecule has 0 spiro atoms. The zero-order chi connectivity index (χ0) is 17.0. The molecule has 2 rings (SSSR count). The molecule has 0 aliphatic carbocycles. The molecule has 0 aliphatic rings. The molecule has 0 unspecified atom stereocenters. The molecule has 7 heteroatoms. The topological polar surface area (TPSA) is 105 Å². The van der Waals surface area contributed by atoms with Crippen molar-refractivity contribution in [1.29, 1.82) is 0 Å². The van der Waals surface area contributed by atoms with E-state index in [9.17, 15) is 20.0 Å². The second-order valence-corrected chi connectivity index (χ2v) is 4.86. The predicted octanol–water partition coefficient (Wildman–Crippen LogP) is 2.76. The van der Waals surface area contributed by atoms with Gasteiger partial charge in [-0.05, 0) is 32.0 Å². The van der Waals surface area contributed by atoms with E-state index in [1.807, 2.05) is 0 Å². The average molecular weight is 313 g/mol. The van der Waals surface area contributed by atoms with Gasteiger partial charge in [0.15, 0.2) is 0 Å².